The fraction of sp³-hybridized carbons (Fsp3) is 0.826. The van der Waals surface area contributed by atoms with Crippen LogP contribution in [0.25, 0.3) is 0 Å². The molecule has 1 aliphatic carbocycles. The Labute approximate surface area is 342 Å². The minimum absolute atomic E-state index is 0.00206. The maximum absolute atomic E-state index is 7.58. The predicted molar refractivity (Wildman–Crippen MR) is 238 cm³/mol. The first kappa shape index (κ1) is 47.1. The minimum Gasteiger partial charge on any atom is -0.414 e. The van der Waals surface area contributed by atoms with Gasteiger partial charge >= 0.3 is 0 Å². The van der Waals surface area contributed by atoms with Gasteiger partial charge in [-0.3, -0.25) is 0 Å². The predicted octanol–water partition coefficient (Wildman–Crippen LogP) is 13.1. The Morgan fingerprint density at radius 3 is 1.69 bits per heavy atom. The normalized spacial score (nSPS) is 28.0. The SMILES string of the molecule is CC[Si](CC)(CC)OC(CCc1ccccc1)CC[C@@H]1[C@@H](CC=CCCCC23OCC(C)(CO2)CO3)[C@@H](O[Si](CC)(CC)CC)C[C@H]1O[Si](CC)(CC)CC. The molecule has 0 radical (unpaired) electrons. The number of fused-ring (bicyclic) bond motifs is 3. The first-order valence-electron chi connectivity index (χ1n) is 23.1. The van der Waals surface area contributed by atoms with Crippen LogP contribution in [0.3, 0.4) is 0 Å². The number of aryl methyl sites for hydroxylation is 1. The lowest BCUT2D eigenvalue weighted by atomic mass is 9.85. The fourth-order valence-corrected chi connectivity index (χ4v) is 18.6. The highest BCUT2D eigenvalue weighted by molar-refractivity contribution is 6.74. The van der Waals surface area contributed by atoms with Gasteiger partial charge in [0.15, 0.2) is 25.0 Å². The van der Waals surface area contributed by atoms with Crippen molar-refractivity contribution in [3.63, 3.8) is 0 Å². The molecule has 3 saturated heterocycles. The molecule has 5 atom stereocenters. The molecular weight excluding hydrogens is 733 g/mol. The van der Waals surface area contributed by atoms with Gasteiger partial charge in [0.25, 0.3) is 5.97 Å². The molecule has 4 aliphatic rings. The summed E-state index contributed by atoms with van der Waals surface area (Å²) < 4.78 is 40.8. The summed E-state index contributed by atoms with van der Waals surface area (Å²) in [7, 11) is -5.45. The molecule has 2 bridgehead atoms. The molecule has 9 heteroatoms. The van der Waals surface area contributed by atoms with Gasteiger partial charge in [0.1, 0.15) is 0 Å². The van der Waals surface area contributed by atoms with E-state index in [1.165, 1.54) is 60.0 Å². The second kappa shape index (κ2) is 22.1. The zero-order valence-electron chi connectivity index (χ0n) is 37.2. The van der Waals surface area contributed by atoms with Gasteiger partial charge in [-0.15, -0.1) is 0 Å². The molecule has 0 aromatic heterocycles. The van der Waals surface area contributed by atoms with Crippen molar-refractivity contribution in [1.29, 1.82) is 0 Å². The monoisotopic (exact) mass is 817 g/mol. The first-order chi connectivity index (χ1) is 26.5. The number of rotatable bonds is 27. The number of unbranched alkanes of at least 4 members (excludes halogenated alkanes) is 1. The molecule has 3 aliphatic heterocycles. The zero-order chi connectivity index (χ0) is 40.0. The van der Waals surface area contributed by atoms with Gasteiger partial charge in [-0.2, -0.15) is 0 Å². The van der Waals surface area contributed by atoms with E-state index < -0.39 is 30.9 Å². The second-order valence-corrected chi connectivity index (χ2v) is 32.1. The van der Waals surface area contributed by atoms with Crippen LogP contribution in [0.15, 0.2) is 42.5 Å². The molecular formula is C46H84O6Si3. The smallest absolute Gasteiger partial charge is 0.282 e. The van der Waals surface area contributed by atoms with E-state index in [4.69, 9.17) is 27.5 Å². The summed E-state index contributed by atoms with van der Waals surface area (Å²) in [5, 5.41) is 0. The summed E-state index contributed by atoms with van der Waals surface area (Å²) in [5.74, 6) is 0.0969. The highest BCUT2D eigenvalue weighted by atomic mass is 28.4. The van der Waals surface area contributed by atoms with Crippen molar-refractivity contribution in [1.82, 2.24) is 0 Å². The number of hydrogen-bond acceptors (Lipinski definition) is 6. The van der Waals surface area contributed by atoms with Crippen LogP contribution in [0.5, 0.6) is 0 Å². The fourth-order valence-electron chi connectivity index (χ4n) is 9.86. The van der Waals surface area contributed by atoms with Gasteiger partial charge in [0.2, 0.25) is 0 Å². The van der Waals surface area contributed by atoms with Crippen LogP contribution in [0.2, 0.25) is 54.4 Å². The highest BCUT2D eigenvalue weighted by Gasteiger charge is 2.51. The van der Waals surface area contributed by atoms with Crippen LogP contribution in [0.1, 0.15) is 126 Å². The molecule has 0 amide bonds. The second-order valence-electron chi connectivity index (χ2n) is 17.9. The molecule has 316 valence electrons. The number of benzene rings is 1. The Bertz CT molecular complexity index is 1200. The Hall–Kier alpha value is -0.629. The van der Waals surface area contributed by atoms with Crippen LogP contribution in [-0.2, 0) is 33.9 Å². The maximum atomic E-state index is 7.58. The van der Waals surface area contributed by atoms with E-state index in [0.717, 1.165) is 77.6 Å². The molecule has 1 saturated carbocycles. The molecule has 55 heavy (non-hydrogen) atoms. The average Bonchev–Trinajstić information content (AvgIpc) is 3.55. The number of hydrogen-bond donors (Lipinski definition) is 0. The number of ether oxygens (including phenoxy) is 3. The van der Waals surface area contributed by atoms with Crippen molar-refractivity contribution >= 4 is 25.0 Å². The van der Waals surface area contributed by atoms with Gasteiger partial charge in [-0.05, 0) is 123 Å². The van der Waals surface area contributed by atoms with E-state index in [0.29, 0.717) is 11.8 Å². The summed E-state index contributed by atoms with van der Waals surface area (Å²) in [6.45, 7) is 25.8. The van der Waals surface area contributed by atoms with E-state index in [1.807, 2.05) is 0 Å². The van der Waals surface area contributed by atoms with Crippen molar-refractivity contribution in [2.45, 2.75) is 206 Å². The lowest BCUT2D eigenvalue weighted by molar-refractivity contribution is -0.467. The van der Waals surface area contributed by atoms with E-state index >= 15 is 0 Å². The molecule has 5 rings (SSSR count). The third-order valence-electron chi connectivity index (χ3n) is 14.8. The highest BCUT2D eigenvalue weighted by Crippen LogP contribution is 2.46. The summed E-state index contributed by atoms with van der Waals surface area (Å²) in [6, 6.07) is 21.8. The van der Waals surface area contributed by atoms with Gasteiger partial charge < -0.3 is 27.5 Å². The minimum atomic E-state index is -1.84. The molecule has 0 N–H and O–H groups in total. The third-order valence-corrected chi connectivity index (χ3v) is 28.8. The summed E-state index contributed by atoms with van der Waals surface area (Å²) in [6.07, 6.45) is 15.0. The molecule has 1 unspecified atom stereocenters. The van der Waals surface area contributed by atoms with Crippen LogP contribution in [0, 0.1) is 17.3 Å². The quantitative estimate of drug-likeness (QED) is 0.0501. The Kier molecular flexibility index (Phi) is 18.9. The van der Waals surface area contributed by atoms with E-state index in [9.17, 15) is 0 Å². The summed E-state index contributed by atoms with van der Waals surface area (Å²) >= 11 is 0. The van der Waals surface area contributed by atoms with Crippen molar-refractivity contribution < 1.29 is 27.5 Å². The van der Waals surface area contributed by atoms with Gasteiger partial charge in [0, 0.05) is 17.9 Å². The Balaban J connectivity index is 1.58. The molecule has 3 heterocycles. The zero-order valence-corrected chi connectivity index (χ0v) is 40.2. The topological polar surface area (TPSA) is 55.4 Å². The van der Waals surface area contributed by atoms with Gasteiger partial charge in [-0.1, -0.05) is 112 Å². The van der Waals surface area contributed by atoms with Crippen molar-refractivity contribution in [3.05, 3.63) is 48.0 Å². The van der Waals surface area contributed by atoms with Crippen LogP contribution in [0.4, 0.5) is 0 Å². The van der Waals surface area contributed by atoms with E-state index in [1.54, 1.807) is 0 Å². The maximum Gasteiger partial charge on any atom is 0.282 e. The van der Waals surface area contributed by atoms with Crippen LogP contribution < -0.4 is 0 Å². The van der Waals surface area contributed by atoms with Crippen LogP contribution in [-0.4, -0.2) is 69.1 Å². The summed E-state index contributed by atoms with van der Waals surface area (Å²) in [5.41, 5.74) is 1.42. The molecule has 6 nitrogen and oxygen atoms in total. The molecule has 1 aromatic rings. The Morgan fingerprint density at radius 1 is 0.673 bits per heavy atom. The molecule has 1 aromatic carbocycles. The third kappa shape index (κ3) is 12.4. The summed E-state index contributed by atoms with van der Waals surface area (Å²) in [4.78, 5) is 0. The standard InChI is InChI=1S/C46H84O6Si3/c1-11-53(12-2,13-3)50-40(31-30-39-27-23-22-24-28-39)32-33-42-41(29-25-20-21-26-34-46-47-36-45(10,37-48-46)38-49-46)43(51-54(14-4,15-5)16-6)35-44(42)52-55(17-7,18-8)19-9/h20,22-25,27-28,40-44H,11-19,21,26,29-38H2,1-10H3/t40?,41-,42-,43+,44-,45?,46?/m1/s1. The van der Waals surface area contributed by atoms with Crippen molar-refractivity contribution in [2.24, 2.45) is 17.3 Å². The van der Waals surface area contributed by atoms with E-state index in [2.05, 4.69) is 112 Å². The number of allylic oxidation sites excluding steroid dienone is 2. The Morgan fingerprint density at radius 2 is 1.18 bits per heavy atom. The largest absolute Gasteiger partial charge is 0.414 e. The van der Waals surface area contributed by atoms with Gasteiger partial charge in [0.05, 0.1) is 32.0 Å². The van der Waals surface area contributed by atoms with Crippen LogP contribution >= 0.6 is 0 Å². The van der Waals surface area contributed by atoms with Crippen molar-refractivity contribution in [3.8, 4) is 0 Å². The lowest BCUT2D eigenvalue weighted by Gasteiger charge is -2.50. The van der Waals surface area contributed by atoms with E-state index in [-0.39, 0.29) is 23.7 Å². The molecule has 4 fully saturated rings. The lowest BCUT2D eigenvalue weighted by Crippen LogP contribution is -2.58. The first-order valence-corrected chi connectivity index (χ1v) is 30.7. The van der Waals surface area contributed by atoms with Gasteiger partial charge in [-0.25, -0.2) is 0 Å². The molecule has 0 spiro atoms. The van der Waals surface area contributed by atoms with Crippen molar-refractivity contribution in [2.75, 3.05) is 19.8 Å². The average molecular weight is 817 g/mol.